The largest absolute Gasteiger partial charge is 0.332 e. The fraction of sp³-hybridized carbons (Fsp3) is 0.176. The number of para-hydroxylation sites is 1. The standard InChI is InChI=1S/C17H17N3O3S2/c1-12(21)18-17(24)19-14-6-8-15(9-7-14)25(22,23)20-11-10-13-4-2-3-5-16(13)20/h2-9H,10-11H2,1H3,(H2,18,19,21,24). The SMILES string of the molecule is CC(=O)NC(=S)Nc1ccc(S(=O)(=O)N2CCc3ccccc32)cc1. The van der Waals surface area contributed by atoms with Crippen LogP contribution in [0.15, 0.2) is 53.4 Å². The number of carbonyl (C=O) groups excluding carboxylic acids is 1. The minimum Gasteiger partial charge on any atom is -0.332 e. The number of nitrogens with zero attached hydrogens (tertiary/aromatic N) is 1. The molecule has 1 aliphatic rings. The lowest BCUT2D eigenvalue weighted by Gasteiger charge is -2.19. The summed E-state index contributed by atoms with van der Waals surface area (Å²) in [5.74, 6) is -0.274. The molecule has 6 nitrogen and oxygen atoms in total. The first-order chi connectivity index (χ1) is 11.9. The Hall–Kier alpha value is -2.45. The van der Waals surface area contributed by atoms with Crippen LogP contribution in [-0.4, -0.2) is 26.0 Å². The van der Waals surface area contributed by atoms with Gasteiger partial charge in [-0.25, -0.2) is 8.42 Å². The summed E-state index contributed by atoms with van der Waals surface area (Å²) in [7, 11) is -3.61. The maximum atomic E-state index is 12.9. The van der Waals surface area contributed by atoms with Gasteiger partial charge in [0.2, 0.25) is 5.91 Å². The number of hydrogen-bond donors (Lipinski definition) is 2. The average Bonchev–Trinajstić information content (AvgIpc) is 2.99. The Bertz CT molecular complexity index is 924. The Balaban J connectivity index is 1.80. The fourth-order valence-corrected chi connectivity index (χ4v) is 4.48. The summed E-state index contributed by atoms with van der Waals surface area (Å²) < 4.78 is 27.2. The van der Waals surface area contributed by atoms with Crippen molar-refractivity contribution in [2.24, 2.45) is 0 Å². The normalized spacial score (nSPS) is 13.2. The molecule has 25 heavy (non-hydrogen) atoms. The lowest BCUT2D eigenvalue weighted by Crippen LogP contribution is -2.32. The maximum Gasteiger partial charge on any atom is 0.264 e. The van der Waals surface area contributed by atoms with E-state index in [-0.39, 0.29) is 15.9 Å². The minimum atomic E-state index is -3.61. The van der Waals surface area contributed by atoms with E-state index in [0.717, 1.165) is 11.3 Å². The molecule has 0 saturated heterocycles. The molecular formula is C17H17N3O3S2. The molecule has 0 saturated carbocycles. The zero-order valence-corrected chi connectivity index (χ0v) is 15.2. The first-order valence-corrected chi connectivity index (χ1v) is 9.52. The van der Waals surface area contributed by atoms with Gasteiger partial charge >= 0.3 is 0 Å². The number of thiocarbonyl (C=S) groups is 1. The molecule has 1 amide bonds. The Morgan fingerprint density at radius 3 is 2.48 bits per heavy atom. The van der Waals surface area contributed by atoms with Crippen LogP contribution in [-0.2, 0) is 21.2 Å². The number of rotatable bonds is 3. The third-order valence-electron chi connectivity index (χ3n) is 3.83. The van der Waals surface area contributed by atoms with Crippen molar-refractivity contribution in [3.63, 3.8) is 0 Å². The van der Waals surface area contributed by atoms with Crippen LogP contribution >= 0.6 is 12.2 Å². The third-order valence-corrected chi connectivity index (χ3v) is 5.87. The van der Waals surface area contributed by atoms with Crippen LogP contribution < -0.4 is 14.9 Å². The van der Waals surface area contributed by atoms with Gasteiger partial charge in [0, 0.05) is 19.2 Å². The molecule has 1 heterocycles. The lowest BCUT2D eigenvalue weighted by molar-refractivity contribution is -0.117. The molecule has 0 spiro atoms. The smallest absolute Gasteiger partial charge is 0.264 e. The van der Waals surface area contributed by atoms with Gasteiger partial charge < -0.3 is 10.6 Å². The van der Waals surface area contributed by atoms with Crippen LogP contribution in [0, 0.1) is 0 Å². The zero-order valence-electron chi connectivity index (χ0n) is 13.5. The van der Waals surface area contributed by atoms with Crippen molar-refractivity contribution < 1.29 is 13.2 Å². The second kappa shape index (κ2) is 6.81. The van der Waals surface area contributed by atoms with Gasteiger partial charge in [0.1, 0.15) is 0 Å². The van der Waals surface area contributed by atoms with Crippen molar-refractivity contribution in [3.05, 3.63) is 54.1 Å². The summed E-state index contributed by atoms with van der Waals surface area (Å²) in [6.07, 6.45) is 0.708. The van der Waals surface area contributed by atoms with E-state index < -0.39 is 10.0 Å². The second-order valence-corrected chi connectivity index (χ2v) is 7.89. The van der Waals surface area contributed by atoms with Crippen molar-refractivity contribution in [2.45, 2.75) is 18.2 Å². The van der Waals surface area contributed by atoms with E-state index >= 15 is 0 Å². The van der Waals surface area contributed by atoms with Crippen LogP contribution in [0.4, 0.5) is 11.4 Å². The van der Waals surface area contributed by atoms with Crippen LogP contribution in [0.25, 0.3) is 0 Å². The molecule has 0 fully saturated rings. The molecule has 0 aromatic heterocycles. The van der Waals surface area contributed by atoms with Gasteiger partial charge in [-0.15, -0.1) is 0 Å². The number of amides is 1. The highest BCUT2D eigenvalue weighted by Crippen LogP contribution is 2.32. The molecule has 0 aliphatic carbocycles. The van der Waals surface area contributed by atoms with Crippen LogP contribution in [0.5, 0.6) is 0 Å². The maximum absolute atomic E-state index is 12.9. The van der Waals surface area contributed by atoms with Gasteiger partial charge in [-0.1, -0.05) is 18.2 Å². The molecule has 0 bridgehead atoms. The van der Waals surface area contributed by atoms with E-state index in [0.29, 0.717) is 18.7 Å². The minimum absolute atomic E-state index is 0.163. The summed E-state index contributed by atoms with van der Waals surface area (Å²) in [4.78, 5) is 11.2. The molecule has 2 aromatic carbocycles. The van der Waals surface area contributed by atoms with E-state index in [9.17, 15) is 13.2 Å². The van der Waals surface area contributed by atoms with Crippen molar-refractivity contribution in [2.75, 3.05) is 16.2 Å². The number of carbonyl (C=O) groups is 1. The first-order valence-electron chi connectivity index (χ1n) is 7.67. The predicted molar refractivity (Wildman–Crippen MR) is 101 cm³/mol. The number of anilines is 2. The second-order valence-electron chi connectivity index (χ2n) is 5.62. The van der Waals surface area contributed by atoms with Crippen molar-refractivity contribution in [1.29, 1.82) is 0 Å². The van der Waals surface area contributed by atoms with Crippen molar-refractivity contribution in [1.82, 2.24) is 5.32 Å². The summed E-state index contributed by atoms with van der Waals surface area (Å²) in [6.45, 7) is 1.80. The molecular weight excluding hydrogens is 358 g/mol. The summed E-state index contributed by atoms with van der Waals surface area (Å²) in [6, 6.07) is 13.8. The molecule has 130 valence electrons. The number of hydrogen-bond acceptors (Lipinski definition) is 4. The average molecular weight is 375 g/mol. The van der Waals surface area contributed by atoms with Gasteiger partial charge in [-0.05, 0) is 54.5 Å². The van der Waals surface area contributed by atoms with Crippen LogP contribution in [0.3, 0.4) is 0 Å². The van der Waals surface area contributed by atoms with Gasteiger partial charge in [0.05, 0.1) is 10.6 Å². The van der Waals surface area contributed by atoms with E-state index in [2.05, 4.69) is 10.6 Å². The molecule has 3 rings (SSSR count). The molecule has 2 N–H and O–H groups in total. The van der Waals surface area contributed by atoms with E-state index in [4.69, 9.17) is 12.2 Å². The van der Waals surface area contributed by atoms with Gasteiger partial charge in [-0.3, -0.25) is 9.10 Å². The monoisotopic (exact) mass is 375 g/mol. The lowest BCUT2D eigenvalue weighted by atomic mass is 10.2. The number of fused-ring (bicyclic) bond motifs is 1. The molecule has 1 aliphatic heterocycles. The summed E-state index contributed by atoms with van der Waals surface area (Å²) in [5.41, 5.74) is 2.36. The molecule has 8 heteroatoms. The fourth-order valence-electron chi connectivity index (χ4n) is 2.72. The molecule has 0 atom stereocenters. The van der Waals surface area contributed by atoms with Gasteiger partial charge in [0.25, 0.3) is 10.0 Å². The van der Waals surface area contributed by atoms with Crippen molar-refractivity contribution >= 4 is 44.6 Å². The van der Waals surface area contributed by atoms with E-state index in [1.807, 2.05) is 24.3 Å². The van der Waals surface area contributed by atoms with Gasteiger partial charge in [0.15, 0.2) is 5.11 Å². The summed E-state index contributed by atoms with van der Waals surface area (Å²) >= 11 is 4.98. The number of sulfonamides is 1. The van der Waals surface area contributed by atoms with Crippen molar-refractivity contribution in [3.8, 4) is 0 Å². The Morgan fingerprint density at radius 1 is 1.12 bits per heavy atom. The highest BCUT2D eigenvalue weighted by Gasteiger charge is 2.30. The quantitative estimate of drug-likeness (QED) is 0.805. The predicted octanol–water partition coefficient (Wildman–Crippen LogP) is 2.27. The van der Waals surface area contributed by atoms with Crippen LogP contribution in [0.1, 0.15) is 12.5 Å². The van der Waals surface area contributed by atoms with Gasteiger partial charge in [-0.2, -0.15) is 0 Å². The van der Waals surface area contributed by atoms with Crippen LogP contribution in [0.2, 0.25) is 0 Å². The number of nitrogens with one attached hydrogen (secondary N) is 2. The molecule has 0 radical (unpaired) electrons. The summed E-state index contributed by atoms with van der Waals surface area (Å²) in [5, 5.41) is 5.44. The topological polar surface area (TPSA) is 78.5 Å². The Kier molecular flexibility index (Phi) is 4.73. The Morgan fingerprint density at radius 2 is 1.80 bits per heavy atom. The first kappa shape index (κ1) is 17.4. The highest BCUT2D eigenvalue weighted by molar-refractivity contribution is 7.92. The Labute approximate surface area is 151 Å². The third kappa shape index (κ3) is 3.64. The molecule has 0 unspecified atom stereocenters. The van der Waals surface area contributed by atoms with E-state index in [1.165, 1.54) is 23.4 Å². The molecule has 2 aromatic rings. The number of benzene rings is 2. The van der Waals surface area contributed by atoms with E-state index in [1.54, 1.807) is 12.1 Å². The highest BCUT2D eigenvalue weighted by atomic mass is 32.2. The zero-order chi connectivity index (χ0) is 18.0.